The molecule has 0 aliphatic carbocycles. The van der Waals surface area contributed by atoms with Gasteiger partial charge in [-0.2, -0.15) is 0 Å². The quantitative estimate of drug-likeness (QED) is 0.647. The SMILES string of the molecule is OCC#Cc1cccc(OCCCN2CCCC2)c1. The minimum Gasteiger partial charge on any atom is -0.494 e. The first kappa shape index (κ1) is 13.9. The number of likely N-dealkylation sites (tertiary alicyclic amines) is 1. The molecule has 1 aliphatic heterocycles. The van der Waals surface area contributed by atoms with Crippen molar-refractivity contribution in [1.82, 2.24) is 4.90 Å². The van der Waals surface area contributed by atoms with Crippen LogP contribution in [0.1, 0.15) is 24.8 Å². The highest BCUT2D eigenvalue weighted by atomic mass is 16.5. The van der Waals surface area contributed by atoms with Crippen molar-refractivity contribution in [2.24, 2.45) is 0 Å². The van der Waals surface area contributed by atoms with E-state index in [1.807, 2.05) is 24.3 Å². The molecular formula is C16H21NO2. The topological polar surface area (TPSA) is 32.7 Å². The number of hydrogen-bond donors (Lipinski definition) is 1. The van der Waals surface area contributed by atoms with Gasteiger partial charge in [0, 0.05) is 12.1 Å². The van der Waals surface area contributed by atoms with E-state index < -0.39 is 0 Å². The largest absolute Gasteiger partial charge is 0.494 e. The minimum atomic E-state index is -0.110. The van der Waals surface area contributed by atoms with E-state index in [1.165, 1.54) is 25.9 Å². The van der Waals surface area contributed by atoms with Gasteiger partial charge in [0.2, 0.25) is 0 Å². The molecule has 1 fully saturated rings. The Morgan fingerprint density at radius 2 is 2.11 bits per heavy atom. The third-order valence-electron chi connectivity index (χ3n) is 3.23. The molecule has 0 radical (unpaired) electrons. The molecule has 1 heterocycles. The Kier molecular flexibility index (Phi) is 5.74. The van der Waals surface area contributed by atoms with Crippen molar-refractivity contribution in [2.75, 3.05) is 32.8 Å². The van der Waals surface area contributed by atoms with Gasteiger partial charge in [0.1, 0.15) is 12.4 Å². The van der Waals surface area contributed by atoms with Crippen molar-refractivity contribution in [2.45, 2.75) is 19.3 Å². The van der Waals surface area contributed by atoms with E-state index in [-0.39, 0.29) is 6.61 Å². The van der Waals surface area contributed by atoms with Crippen LogP contribution in [0.25, 0.3) is 0 Å². The summed E-state index contributed by atoms with van der Waals surface area (Å²) in [5, 5.41) is 8.66. The van der Waals surface area contributed by atoms with Crippen LogP contribution < -0.4 is 4.74 Å². The molecule has 2 rings (SSSR count). The van der Waals surface area contributed by atoms with E-state index in [0.717, 1.165) is 30.9 Å². The van der Waals surface area contributed by atoms with Gasteiger partial charge in [-0.3, -0.25) is 0 Å². The highest BCUT2D eigenvalue weighted by molar-refractivity contribution is 5.39. The van der Waals surface area contributed by atoms with Gasteiger partial charge in [-0.25, -0.2) is 0 Å². The summed E-state index contributed by atoms with van der Waals surface area (Å²) in [5.74, 6) is 6.37. The molecule has 19 heavy (non-hydrogen) atoms. The molecule has 3 nitrogen and oxygen atoms in total. The van der Waals surface area contributed by atoms with Gasteiger partial charge < -0.3 is 14.7 Å². The molecule has 1 aromatic rings. The Balaban J connectivity index is 1.72. The number of aliphatic hydroxyl groups excluding tert-OH is 1. The number of ether oxygens (including phenoxy) is 1. The van der Waals surface area contributed by atoms with Crippen LogP contribution in [-0.4, -0.2) is 42.9 Å². The minimum absolute atomic E-state index is 0.110. The second kappa shape index (κ2) is 7.83. The van der Waals surface area contributed by atoms with E-state index in [1.54, 1.807) is 0 Å². The van der Waals surface area contributed by atoms with Gasteiger partial charge in [0.15, 0.2) is 0 Å². The average molecular weight is 259 g/mol. The highest BCUT2D eigenvalue weighted by Gasteiger charge is 2.10. The fourth-order valence-corrected chi connectivity index (χ4v) is 2.29. The van der Waals surface area contributed by atoms with E-state index in [2.05, 4.69) is 16.7 Å². The molecule has 1 saturated heterocycles. The molecule has 0 atom stereocenters. The van der Waals surface area contributed by atoms with Crippen LogP contribution in [0.3, 0.4) is 0 Å². The fourth-order valence-electron chi connectivity index (χ4n) is 2.29. The summed E-state index contributed by atoms with van der Waals surface area (Å²) in [6.45, 7) is 4.25. The van der Waals surface area contributed by atoms with Crippen LogP contribution in [-0.2, 0) is 0 Å². The van der Waals surface area contributed by atoms with Crippen molar-refractivity contribution < 1.29 is 9.84 Å². The number of aliphatic hydroxyl groups is 1. The third kappa shape index (κ3) is 4.94. The van der Waals surface area contributed by atoms with Crippen molar-refractivity contribution in [3.8, 4) is 17.6 Å². The van der Waals surface area contributed by atoms with Gasteiger partial charge in [0.05, 0.1) is 6.61 Å². The number of benzene rings is 1. The monoisotopic (exact) mass is 259 g/mol. The zero-order chi connectivity index (χ0) is 13.3. The summed E-state index contributed by atoms with van der Waals surface area (Å²) in [5.41, 5.74) is 0.881. The Bertz CT molecular complexity index is 442. The molecule has 0 spiro atoms. The first-order chi connectivity index (χ1) is 9.38. The van der Waals surface area contributed by atoms with E-state index in [4.69, 9.17) is 9.84 Å². The van der Waals surface area contributed by atoms with Gasteiger partial charge >= 0.3 is 0 Å². The molecule has 1 aliphatic rings. The van der Waals surface area contributed by atoms with Crippen molar-refractivity contribution in [3.05, 3.63) is 29.8 Å². The predicted octanol–water partition coefficient (Wildman–Crippen LogP) is 1.90. The summed E-state index contributed by atoms with van der Waals surface area (Å²) in [6.07, 6.45) is 3.74. The lowest BCUT2D eigenvalue weighted by Gasteiger charge is -2.14. The maximum absolute atomic E-state index is 8.66. The molecular weight excluding hydrogens is 238 g/mol. The Morgan fingerprint density at radius 3 is 2.89 bits per heavy atom. The first-order valence-electron chi connectivity index (χ1n) is 6.93. The molecule has 0 amide bonds. The van der Waals surface area contributed by atoms with Crippen LogP contribution >= 0.6 is 0 Å². The molecule has 102 valence electrons. The summed E-state index contributed by atoms with van der Waals surface area (Å²) >= 11 is 0. The van der Waals surface area contributed by atoms with E-state index >= 15 is 0 Å². The third-order valence-corrected chi connectivity index (χ3v) is 3.23. The number of nitrogens with zero attached hydrogens (tertiary/aromatic N) is 1. The maximum Gasteiger partial charge on any atom is 0.120 e. The van der Waals surface area contributed by atoms with Crippen LogP contribution in [0.2, 0.25) is 0 Å². The fraction of sp³-hybridized carbons (Fsp3) is 0.500. The van der Waals surface area contributed by atoms with Crippen LogP contribution in [0.5, 0.6) is 5.75 Å². The molecule has 0 unspecified atom stereocenters. The Morgan fingerprint density at radius 1 is 1.26 bits per heavy atom. The van der Waals surface area contributed by atoms with E-state index in [0.29, 0.717) is 0 Å². The average Bonchev–Trinajstić information content (AvgIpc) is 2.95. The number of rotatable bonds is 5. The van der Waals surface area contributed by atoms with Gasteiger partial charge in [-0.1, -0.05) is 17.9 Å². The van der Waals surface area contributed by atoms with Crippen molar-refractivity contribution >= 4 is 0 Å². The standard InChI is InChI=1S/C16H21NO2/c18-12-4-7-15-6-3-8-16(14-15)19-13-5-11-17-9-1-2-10-17/h3,6,8,14,18H,1-2,5,9-13H2. The van der Waals surface area contributed by atoms with Gasteiger partial charge in [0.25, 0.3) is 0 Å². The lowest BCUT2D eigenvalue weighted by Crippen LogP contribution is -2.21. The summed E-state index contributed by atoms with van der Waals surface area (Å²) < 4.78 is 5.73. The molecule has 3 heteroatoms. The van der Waals surface area contributed by atoms with Crippen LogP contribution in [0.4, 0.5) is 0 Å². The first-order valence-corrected chi connectivity index (χ1v) is 6.93. The molecule has 0 saturated carbocycles. The predicted molar refractivity (Wildman–Crippen MR) is 76.2 cm³/mol. The lowest BCUT2D eigenvalue weighted by atomic mass is 10.2. The Labute approximate surface area is 115 Å². The molecule has 0 aromatic heterocycles. The molecule has 1 N–H and O–H groups in total. The molecule has 1 aromatic carbocycles. The molecule has 0 bridgehead atoms. The van der Waals surface area contributed by atoms with Crippen LogP contribution in [0.15, 0.2) is 24.3 Å². The van der Waals surface area contributed by atoms with Crippen molar-refractivity contribution in [1.29, 1.82) is 0 Å². The zero-order valence-electron chi connectivity index (χ0n) is 11.3. The van der Waals surface area contributed by atoms with E-state index in [9.17, 15) is 0 Å². The smallest absolute Gasteiger partial charge is 0.120 e. The number of hydrogen-bond acceptors (Lipinski definition) is 3. The second-order valence-corrected chi connectivity index (χ2v) is 4.74. The van der Waals surface area contributed by atoms with Gasteiger partial charge in [-0.05, 0) is 50.6 Å². The van der Waals surface area contributed by atoms with Crippen molar-refractivity contribution in [3.63, 3.8) is 0 Å². The summed E-state index contributed by atoms with van der Waals surface area (Å²) in [7, 11) is 0. The maximum atomic E-state index is 8.66. The summed E-state index contributed by atoms with van der Waals surface area (Å²) in [4.78, 5) is 2.49. The van der Waals surface area contributed by atoms with Gasteiger partial charge in [-0.15, -0.1) is 0 Å². The summed E-state index contributed by atoms with van der Waals surface area (Å²) in [6, 6.07) is 7.70. The Hall–Kier alpha value is -1.50. The van der Waals surface area contributed by atoms with Crippen LogP contribution in [0, 0.1) is 11.8 Å². The zero-order valence-corrected chi connectivity index (χ0v) is 11.3. The lowest BCUT2D eigenvalue weighted by molar-refractivity contribution is 0.263. The normalized spacial score (nSPS) is 15.0. The second-order valence-electron chi connectivity index (χ2n) is 4.74. The highest BCUT2D eigenvalue weighted by Crippen LogP contribution is 2.13.